The van der Waals surface area contributed by atoms with Crippen LogP contribution < -0.4 is 5.43 Å². The predicted octanol–water partition coefficient (Wildman–Crippen LogP) is 4.78. The van der Waals surface area contributed by atoms with Crippen LogP contribution in [-0.2, 0) is 0 Å². The number of aromatic nitrogens is 1. The number of pyridine rings is 1. The highest BCUT2D eigenvalue weighted by atomic mass is 16.3. The quantitative estimate of drug-likeness (QED) is 0.256. The minimum Gasteiger partial charge on any atom is -0.508 e. The van der Waals surface area contributed by atoms with Crippen LogP contribution in [-0.4, -0.2) is 26.8 Å². The molecule has 0 radical (unpaired) electrons. The highest BCUT2D eigenvalue weighted by Gasteiger charge is 2.15. The number of carbonyl (C=O) groups is 1. The van der Waals surface area contributed by atoms with Gasteiger partial charge in [0, 0.05) is 16.5 Å². The number of para-hydroxylation sites is 1. The van der Waals surface area contributed by atoms with Gasteiger partial charge in [-0.1, -0.05) is 42.5 Å². The third-order valence-corrected chi connectivity index (χ3v) is 5.08. The average Bonchev–Trinajstić information content (AvgIpc) is 2.78. The Labute approximate surface area is 179 Å². The molecule has 0 saturated carbocycles. The summed E-state index contributed by atoms with van der Waals surface area (Å²) >= 11 is 0. The van der Waals surface area contributed by atoms with E-state index in [9.17, 15) is 15.0 Å². The van der Waals surface area contributed by atoms with Gasteiger partial charge in [-0.05, 0) is 49.7 Å². The van der Waals surface area contributed by atoms with Crippen molar-refractivity contribution in [3.8, 4) is 22.8 Å². The van der Waals surface area contributed by atoms with E-state index < -0.39 is 5.91 Å². The van der Waals surface area contributed by atoms with Gasteiger partial charge in [0.15, 0.2) is 0 Å². The van der Waals surface area contributed by atoms with Gasteiger partial charge in [-0.2, -0.15) is 5.10 Å². The molecule has 4 rings (SSSR count). The fourth-order valence-corrected chi connectivity index (χ4v) is 3.43. The number of hydrogen-bond acceptors (Lipinski definition) is 5. The lowest BCUT2D eigenvalue weighted by Crippen LogP contribution is -2.20. The number of aromatic hydroxyl groups is 2. The minimum absolute atomic E-state index is 0.00308. The molecule has 0 aliphatic rings. The summed E-state index contributed by atoms with van der Waals surface area (Å²) in [6, 6.07) is 21.2. The lowest BCUT2D eigenvalue weighted by Gasteiger charge is -2.11. The van der Waals surface area contributed by atoms with E-state index in [4.69, 9.17) is 4.98 Å². The molecule has 0 aliphatic carbocycles. The Morgan fingerprint density at radius 1 is 0.935 bits per heavy atom. The minimum atomic E-state index is -0.396. The monoisotopic (exact) mass is 411 g/mol. The normalized spacial score (nSPS) is 11.5. The number of nitrogens with zero attached hydrogens (tertiary/aromatic N) is 2. The van der Waals surface area contributed by atoms with Crippen molar-refractivity contribution in [1.82, 2.24) is 10.4 Å². The molecule has 6 nitrogen and oxygen atoms in total. The van der Waals surface area contributed by atoms with Crippen LogP contribution >= 0.6 is 0 Å². The predicted molar refractivity (Wildman–Crippen MR) is 121 cm³/mol. The lowest BCUT2D eigenvalue weighted by molar-refractivity contribution is 0.0956. The average molecular weight is 411 g/mol. The lowest BCUT2D eigenvalue weighted by atomic mass is 10.0. The van der Waals surface area contributed by atoms with Gasteiger partial charge in [0.05, 0.1) is 22.5 Å². The van der Waals surface area contributed by atoms with Crippen molar-refractivity contribution < 1.29 is 15.0 Å². The van der Waals surface area contributed by atoms with Crippen LogP contribution in [0.4, 0.5) is 0 Å². The summed E-state index contributed by atoms with van der Waals surface area (Å²) in [6.07, 6.45) is 0. The summed E-state index contributed by atoms with van der Waals surface area (Å²) in [6.45, 7) is 3.64. The van der Waals surface area contributed by atoms with Gasteiger partial charge in [-0.15, -0.1) is 0 Å². The highest BCUT2D eigenvalue weighted by Crippen LogP contribution is 2.27. The number of fused-ring (bicyclic) bond motifs is 1. The van der Waals surface area contributed by atoms with E-state index >= 15 is 0 Å². The molecule has 31 heavy (non-hydrogen) atoms. The first-order valence-corrected chi connectivity index (χ1v) is 9.77. The third kappa shape index (κ3) is 4.09. The number of nitrogens with one attached hydrogen (secondary N) is 1. The first-order valence-electron chi connectivity index (χ1n) is 9.77. The summed E-state index contributed by atoms with van der Waals surface area (Å²) < 4.78 is 0. The summed E-state index contributed by atoms with van der Waals surface area (Å²) in [5.41, 5.74) is 7.12. The Hall–Kier alpha value is -4.19. The molecule has 3 N–H and O–H groups in total. The molecule has 0 saturated heterocycles. The first-order chi connectivity index (χ1) is 14.9. The molecule has 3 aromatic carbocycles. The molecule has 1 aromatic heterocycles. The van der Waals surface area contributed by atoms with Crippen molar-refractivity contribution >= 4 is 22.5 Å². The van der Waals surface area contributed by atoms with Gasteiger partial charge in [0.2, 0.25) is 0 Å². The second-order valence-corrected chi connectivity index (χ2v) is 7.23. The molecule has 0 aliphatic heterocycles. The van der Waals surface area contributed by atoms with Crippen molar-refractivity contribution in [1.29, 1.82) is 0 Å². The van der Waals surface area contributed by atoms with Crippen LogP contribution in [0.25, 0.3) is 22.2 Å². The Kier molecular flexibility index (Phi) is 5.37. The van der Waals surface area contributed by atoms with Crippen molar-refractivity contribution in [2.75, 3.05) is 0 Å². The van der Waals surface area contributed by atoms with Gasteiger partial charge < -0.3 is 10.2 Å². The number of benzene rings is 3. The van der Waals surface area contributed by atoms with Crippen molar-refractivity contribution in [2.45, 2.75) is 13.8 Å². The molecule has 0 bridgehead atoms. The Bertz CT molecular complexity index is 1330. The summed E-state index contributed by atoms with van der Waals surface area (Å²) in [5, 5.41) is 24.5. The highest BCUT2D eigenvalue weighted by molar-refractivity contribution is 6.08. The first kappa shape index (κ1) is 20.1. The van der Waals surface area contributed by atoms with Crippen LogP contribution in [0.15, 0.2) is 77.9 Å². The largest absolute Gasteiger partial charge is 0.508 e. The summed E-state index contributed by atoms with van der Waals surface area (Å²) in [5.74, 6) is -0.436. The van der Waals surface area contributed by atoms with Crippen molar-refractivity contribution in [3.05, 3.63) is 89.5 Å². The van der Waals surface area contributed by atoms with Crippen LogP contribution in [0.1, 0.15) is 28.4 Å². The second kappa shape index (κ2) is 8.28. The molecule has 6 heteroatoms. The number of carbonyl (C=O) groups excluding carboxylic acids is 1. The maximum absolute atomic E-state index is 13.1. The zero-order valence-corrected chi connectivity index (χ0v) is 17.1. The van der Waals surface area contributed by atoms with Crippen LogP contribution in [0.5, 0.6) is 11.5 Å². The van der Waals surface area contributed by atoms with E-state index in [1.165, 1.54) is 18.2 Å². The zero-order chi connectivity index (χ0) is 22.0. The van der Waals surface area contributed by atoms with Gasteiger partial charge in [-0.25, -0.2) is 10.4 Å². The van der Waals surface area contributed by atoms with Gasteiger partial charge in [0.25, 0.3) is 5.91 Å². The fourth-order valence-electron chi connectivity index (χ4n) is 3.43. The van der Waals surface area contributed by atoms with E-state index in [1.807, 2.05) is 55.5 Å². The van der Waals surface area contributed by atoms with E-state index in [-0.39, 0.29) is 11.5 Å². The molecule has 0 spiro atoms. The molecule has 1 amide bonds. The molecule has 1 heterocycles. The number of hydrazone groups is 1. The van der Waals surface area contributed by atoms with Crippen molar-refractivity contribution in [2.24, 2.45) is 5.10 Å². The van der Waals surface area contributed by atoms with Gasteiger partial charge in [0.1, 0.15) is 11.5 Å². The molecule has 154 valence electrons. The number of amides is 1. The fraction of sp³-hybridized carbons (Fsp3) is 0.0800. The SMILES string of the molecule is CC(=NNC(=O)c1cc(-c2ccccc2C)nc2ccccc12)c1cc(O)ccc1O. The number of phenolic OH excluding ortho intramolecular Hbond substituents is 2. The Balaban J connectivity index is 1.74. The smallest absolute Gasteiger partial charge is 0.272 e. The van der Waals surface area contributed by atoms with Crippen LogP contribution in [0, 0.1) is 6.92 Å². The standard InChI is InChI=1S/C25H21N3O3/c1-15-7-3-4-8-18(15)23-14-21(19-9-5-6-10-22(19)26-23)25(31)28-27-16(2)20-13-17(29)11-12-24(20)30/h3-14,29-30H,1-2H3,(H,28,31). The number of rotatable bonds is 4. The van der Waals surface area contributed by atoms with Crippen LogP contribution in [0.2, 0.25) is 0 Å². The Morgan fingerprint density at radius 3 is 2.48 bits per heavy atom. The number of aryl methyl sites for hydroxylation is 1. The molecule has 0 atom stereocenters. The van der Waals surface area contributed by atoms with E-state index in [2.05, 4.69) is 10.5 Å². The molecule has 0 fully saturated rings. The topological polar surface area (TPSA) is 94.8 Å². The van der Waals surface area contributed by atoms with Gasteiger partial charge >= 0.3 is 0 Å². The molecular formula is C25H21N3O3. The number of hydrogen-bond donors (Lipinski definition) is 3. The molecular weight excluding hydrogens is 390 g/mol. The third-order valence-electron chi connectivity index (χ3n) is 5.08. The van der Waals surface area contributed by atoms with E-state index in [0.29, 0.717) is 33.4 Å². The second-order valence-electron chi connectivity index (χ2n) is 7.23. The maximum atomic E-state index is 13.1. The van der Waals surface area contributed by atoms with E-state index in [0.717, 1.165) is 11.1 Å². The summed E-state index contributed by atoms with van der Waals surface area (Å²) in [7, 11) is 0. The maximum Gasteiger partial charge on any atom is 0.272 e. The molecule has 4 aromatic rings. The van der Waals surface area contributed by atoms with Crippen molar-refractivity contribution in [3.63, 3.8) is 0 Å². The molecule has 0 unspecified atom stereocenters. The Morgan fingerprint density at radius 2 is 1.68 bits per heavy atom. The van der Waals surface area contributed by atoms with Crippen LogP contribution in [0.3, 0.4) is 0 Å². The summed E-state index contributed by atoms with van der Waals surface area (Å²) in [4.78, 5) is 17.8. The zero-order valence-electron chi connectivity index (χ0n) is 17.1. The number of phenols is 2. The van der Waals surface area contributed by atoms with E-state index in [1.54, 1.807) is 13.0 Å². The van der Waals surface area contributed by atoms with Gasteiger partial charge in [-0.3, -0.25) is 4.79 Å².